The fourth-order valence-electron chi connectivity index (χ4n) is 6.37. The normalized spacial score (nSPS) is 14.4. The van der Waals surface area contributed by atoms with Crippen LogP contribution in [0.15, 0.2) is 106 Å². The highest BCUT2D eigenvalue weighted by molar-refractivity contribution is 6.15. The van der Waals surface area contributed by atoms with Crippen molar-refractivity contribution in [3.63, 3.8) is 0 Å². The van der Waals surface area contributed by atoms with Crippen molar-refractivity contribution in [1.29, 1.82) is 0 Å². The van der Waals surface area contributed by atoms with Gasteiger partial charge in [-0.15, -0.1) is 0 Å². The van der Waals surface area contributed by atoms with E-state index in [1.54, 1.807) is 12.1 Å². The average molecular weight is 843 g/mol. The maximum absolute atomic E-state index is 14.9. The smallest absolute Gasteiger partial charge is 0.456 e. The third-order valence-electron chi connectivity index (χ3n) is 9.75. The Kier molecular flexibility index (Phi) is 8.78. The van der Waals surface area contributed by atoms with Crippen LogP contribution in [-0.2, 0) is 5.92 Å². The Morgan fingerprint density at radius 2 is 0.655 bits per heavy atom. The Balaban J connectivity index is 1.18. The zero-order chi connectivity index (χ0) is 42.8. The summed E-state index contributed by atoms with van der Waals surface area (Å²) in [6.07, 6.45) is -7.82. The van der Waals surface area contributed by atoms with E-state index in [2.05, 4.69) is 0 Å². The number of hydrogen-bond donors (Lipinski definition) is 0. The van der Waals surface area contributed by atoms with Gasteiger partial charge in [0.2, 0.25) is 0 Å². The number of alkyl halides is 17. The summed E-state index contributed by atoms with van der Waals surface area (Å²) in [5.74, 6) is -57.0. The molecule has 306 valence electrons. The van der Waals surface area contributed by atoms with Crippen LogP contribution in [0.5, 0.6) is 0 Å². The first-order chi connectivity index (χ1) is 26.6. The van der Waals surface area contributed by atoms with E-state index in [4.69, 9.17) is 8.83 Å². The molecule has 0 saturated heterocycles. The van der Waals surface area contributed by atoms with E-state index in [0.29, 0.717) is 45.0 Å². The molecule has 0 N–H and O–H groups in total. The molecule has 0 aliphatic heterocycles. The number of fused-ring (bicyclic) bond motifs is 6. The van der Waals surface area contributed by atoms with Gasteiger partial charge in [0.15, 0.2) is 0 Å². The third kappa shape index (κ3) is 5.54. The first-order valence-electron chi connectivity index (χ1n) is 16.3. The van der Waals surface area contributed by atoms with Crippen LogP contribution in [0.25, 0.3) is 66.1 Å². The maximum Gasteiger partial charge on any atom is 0.460 e. The molecule has 7 rings (SSSR count). The van der Waals surface area contributed by atoms with Gasteiger partial charge in [-0.3, -0.25) is 0 Å². The molecule has 0 unspecified atom stereocenters. The zero-order valence-corrected chi connectivity index (χ0v) is 28.5. The van der Waals surface area contributed by atoms with Gasteiger partial charge < -0.3 is 8.83 Å². The first-order valence-corrected chi connectivity index (χ1v) is 16.3. The van der Waals surface area contributed by atoms with Crippen molar-refractivity contribution < 1.29 is 83.5 Å². The van der Waals surface area contributed by atoms with Crippen LogP contribution in [0.3, 0.4) is 0 Å². The van der Waals surface area contributed by atoms with Crippen molar-refractivity contribution in [2.75, 3.05) is 0 Å². The molecule has 0 bridgehead atoms. The fourth-order valence-corrected chi connectivity index (χ4v) is 6.37. The summed E-state index contributed by atoms with van der Waals surface area (Å²) in [7, 11) is 0. The van der Waals surface area contributed by atoms with Crippen molar-refractivity contribution in [3.05, 3.63) is 108 Å². The Labute approximate surface area is 312 Å². The molecule has 0 aliphatic rings. The predicted octanol–water partition coefficient (Wildman–Crippen LogP) is 14.6. The molecule has 5 aromatic carbocycles. The van der Waals surface area contributed by atoms with Gasteiger partial charge in [-0.05, 0) is 65.6 Å². The zero-order valence-electron chi connectivity index (χ0n) is 28.5. The maximum atomic E-state index is 14.9. The molecular weight excluding hydrogens is 823 g/mol. The van der Waals surface area contributed by atoms with E-state index < -0.39 is 53.2 Å². The van der Waals surface area contributed by atoms with Gasteiger partial charge in [0, 0.05) is 27.1 Å². The van der Waals surface area contributed by atoms with Gasteiger partial charge in [-0.1, -0.05) is 66.2 Å². The van der Waals surface area contributed by atoms with Gasteiger partial charge in [0.1, 0.15) is 22.3 Å². The molecule has 0 fully saturated rings. The molecule has 19 heteroatoms. The number of hydrogen-bond acceptors (Lipinski definition) is 2. The molecule has 0 radical (unpaired) electrons. The highest BCUT2D eigenvalue weighted by atomic mass is 19.4. The molecule has 7 aromatic rings. The SMILES string of the molecule is Cc1ccc(-c2ccc3c(c2)oc2cc4c(cc23)oc2cc(-c3ccc(C(F)(F)C(F)(F)C(F)(F)C(F)(F)C(F)(F)C(F)(F)C(F)(F)C(F)(F)F)cc3)ccc24)cc1. The molecule has 0 aliphatic carbocycles. The number of rotatable bonds is 9. The Morgan fingerprint density at radius 1 is 0.328 bits per heavy atom. The lowest BCUT2D eigenvalue weighted by Crippen LogP contribution is -2.74. The highest BCUT2D eigenvalue weighted by Crippen LogP contribution is 2.65. The van der Waals surface area contributed by atoms with E-state index in [-0.39, 0.29) is 28.8 Å². The second kappa shape index (κ2) is 12.5. The van der Waals surface area contributed by atoms with Crippen molar-refractivity contribution >= 4 is 43.9 Å². The van der Waals surface area contributed by atoms with E-state index in [1.165, 1.54) is 18.2 Å². The average Bonchev–Trinajstić information content (AvgIpc) is 3.69. The molecule has 2 nitrogen and oxygen atoms in total. The lowest BCUT2D eigenvalue weighted by Gasteiger charge is -2.42. The van der Waals surface area contributed by atoms with Crippen LogP contribution in [-0.4, -0.2) is 41.7 Å². The van der Waals surface area contributed by atoms with Crippen molar-refractivity contribution in [3.8, 4) is 22.3 Å². The highest BCUT2D eigenvalue weighted by Gasteiger charge is 2.95. The minimum Gasteiger partial charge on any atom is -0.456 e. The van der Waals surface area contributed by atoms with Crippen LogP contribution in [0.2, 0.25) is 0 Å². The standard InChI is InChI=1S/C39H19F17O2/c1-18-2-4-19(5-3-18)21-8-12-24-26-16-31-27(17-30(26)57-28(24)14-21)25-13-9-22(15-29(25)58-31)20-6-10-23(11-7-20)32(40,41)33(42,43)34(44,45)35(46,47)36(48,49)37(50,51)38(52,53)39(54,55)56/h2-17H,1H3. The van der Waals surface area contributed by atoms with Gasteiger partial charge in [0.05, 0.1) is 0 Å². The molecule has 0 atom stereocenters. The minimum atomic E-state index is -8.69. The summed E-state index contributed by atoms with van der Waals surface area (Å²) in [4.78, 5) is 0. The largest absolute Gasteiger partial charge is 0.460 e. The monoisotopic (exact) mass is 842 g/mol. The van der Waals surface area contributed by atoms with Crippen molar-refractivity contribution in [2.24, 2.45) is 0 Å². The molecule has 0 amide bonds. The summed E-state index contributed by atoms with van der Waals surface area (Å²) in [5, 5.41) is 2.51. The predicted molar refractivity (Wildman–Crippen MR) is 176 cm³/mol. The number of furan rings is 2. The van der Waals surface area contributed by atoms with Crippen molar-refractivity contribution in [2.45, 2.75) is 54.6 Å². The van der Waals surface area contributed by atoms with E-state index >= 15 is 0 Å². The number of halogens is 17. The molecular formula is C39H19F17O2. The van der Waals surface area contributed by atoms with E-state index in [0.717, 1.165) is 22.1 Å². The van der Waals surface area contributed by atoms with Crippen molar-refractivity contribution in [1.82, 2.24) is 0 Å². The van der Waals surface area contributed by atoms with E-state index in [1.807, 2.05) is 49.4 Å². The van der Waals surface area contributed by atoms with Crippen LogP contribution < -0.4 is 0 Å². The Hall–Kier alpha value is -5.49. The molecule has 0 spiro atoms. The number of aryl methyl sites for hydroxylation is 1. The first kappa shape index (κ1) is 40.7. The summed E-state index contributed by atoms with van der Waals surface area (Å²) < 4.78 is 246. The van der Waals surface area contributed by atoms with Crippen LogP contribution in [0, 0.1) is 6.92 Å². The summed E-state index contributed by atoms with van der Waals surface area (Å²) in [6.45, 7) is 1.96. The quantitative estimate of drug-likeness (QED) is 0.135. The number of benzene rings is 5. The van der Waals surface area contributed by atoms with Gasteiger partial charge in [0.25, 0.3) is 0 Å². The van der Waals surface area contributed by atoms with Crippen LogP contribution in [0.4, 0.5) is 74.6 Å². The fraction of sp³-hybridized carbons (Fsp3) is 0.231. The summed E-state index contributed by atoms with van der Waals surface area (Å²) in [6, 6.07) is 22.2. The van der Waals surface area contributed by atoms with Crippen LogP contribution >= 0.6 is 0 Å². The summed E-state index contributed by atoms with van der Waals surface area (Å²) in [5.41, 5.74) is 2.26. The summed E-state index contributed by atoms with van der Waals surface area (Å²) >= 11 is 0. The lowest BCUT2D eigenvalue weighted by molar-refractivity contribution is -0.462. The Bertz CT molecular complexity index is 2700. The van der Waals surface area contributed by atoms with Crippen LogP contribution in [0.1, 0.15) is 11.1 Å². The molecule has 2 heterocycles. The minimum absolute atomic E-state index is 0.0472. The Morgan fingerprint density at radius 3 is 1.05 bits per heavy atom. The topological polar surface area (TPSA) is 26.3 Å². The van der Waals surface area contributed by atoms with E-state index in [9.17, 15) is 74.6 Å². The molecule has 58 heavy (non-hydrogen) atoms. The van der Waals surface area contributed by atoms with Gasteiger partial charge >= 0.3 is 47.6 Å². The third-order valence-corrected chi connectivity index (χ3v) is 9.75. The second-order valence-corrected chi connectivity index (χ2v) is 13.4. The second-order valence-electron chi connectivity index (χ2n) is 13.4. The lowest BCUT2D eigenvalue weighted by atomic mass is 9.87. The molecule has 0 saturated carbocycles. The van der Waals surface area contributed by atoms with Gasteiger partial charge in [-0.25, -0.2) is 0 Å². The molecule has 2 aromatic heterocycles. The van der Waals surface area contributed by atoms with Gasteiger partial charge in [-0.2, -0.15) is 74.6 Å².